The smallest absolute Gasteiger partial charge is 0.411 e. The Hall–Kier alpha value is -3.15. The summed E-state index contributed by atoms with van der Waals surface area (Å²) in [6.07, 6.45) is 1.35. The van der Waals surface area contributed by atoms with Crippen LogP contribution >= 0.6 is 0 Å². The van der Waals surface area contributed by atoms with Crippen LogP contribution in [0.4, 0.5) is 4.79 Å². The van der Waals surface area contributed by atoms with E-state index in [-0.39, 0.29) is 24.1 Å². The second-order valence-electron chi connectivity index (χ2n) is 8.33. The molecule has 3 aromatic rings. The Bertz CT molecular complexity index is 1010. The summed E-state index contributed by atoms with van der Waals surface area (Å²) < 4.78 is 11.6. The number of nitrogens with zero attached hydrogens (tertiary/aromatic N) is 3. The molecule has 1 aliphatic heterocycles. The lowest BCUT2D eigenvalue weighted by Crippen LogP contribution is -2.47. The first-order valence-corrected chi connectivity index (χ1v) is 9.98. The standard InChI is InChI=1S/C23H23N3O3/c1-23(2)19(15-9-5-3-6-10-15)26(22(27)29-23)18-13-17(14-18)21-25-24-20(28-21)16-11-7-4-8-12-16/h3-12,17-19H,13-14H2,1-2H3/t17-,18-,19-/m1/s1. The van der Waals surface area contributed by atoms with Gasteiger partial charge < -0.3 is 9.15 Å². The number of carbonyl (C=O) groups is 1. The Kier molecular flexibility index (Phi) is 4.15. The lowest BCUT2D eigenvalue weighted by molar-refractivity contribution is 0.0641. The van der Waals surface area contributed by atoms with E-state index in [9.17, 15) is 4.79 Å². The summed E-state index contributed by atoms with van der Waals surface area (Å²) >= 11 is 0. The molecule has 5 rings (SSSR count). The van der Waals surface area contributed by atoms with Gasteiger partial charge in [-0.2, -0.15) is 0 Å². The van der Waals surface area contributed by atoms with E-state index in [1.807, 2.05) is 67.3 Å². The Balaban J connectivity index is 1.33. The third-order valence-corrected chi connectivity index (χ3v) is 5.93. The van der Waals surface area contributed by atoms with Crippen LogP contribution in [0.5, 0.6) is 0 Å². The van der Waals surface area contributed by atoms with Gasteiger partial charge in [0, 0.05) is 17.5 Å². The maximum atomic E-state index is 12.7. The van der Waals surface area contributed by atoms with Gasteiger partial charge in [-0.1, -0.05) is 48.5 Å². The molecule has 1 aliphatic carbocycles. The number of benzene rings is 2. The Morgan fingerprint density at radius 1 is 0.966 bits per heavy atom. The molecule has 1 amide bonds. The van der Waals surface area contributed by atoms with Crippen molar-refractivity contribution in [3.8, 4) is 11.5 Å². The number of carbonyl (C=O) groups excluding carboxylic acids is 1. The van der Waals surface area contributed by atoms with Gasteiger partial charge in [-0.25, -0.2) is 4.79 Å². The summed E-state index contributed by atoms with van der Waals surface area (Å²) in [5.74, 6) is 1.34. The summed E-state index contributed by atoms with van der Waals surface area (Å²) in [7, 11) is 0. The van der Waals surface area contributed by atoms with Crippen molar-refractivity contribution in [3.05, 3.63) is 72.1 Å². The van der Waals surface area contributed by atoms with E-state index in [2.05, 4.69) is 22.3 Å². The van der Waals surface area contributed by atoms with Crippen LogP contribution in [0, 0.1) is 0 Å². The Morgan fingerprint density at radius 2 is 1.62 bits per heavy atom. The molecule has 1 aromatic heterocycles. The highest BCUT2D eigenvalue weighted by Gasteiger charge is 2.54. The van der Waals surface area contributed by atoms with Crippen molar-refractivity contribution in [1.82, 2.24) is 15.1 Å². The number of rotatable bonds is 4. The van der Waals surface area contributed by atoms with Crippen LogP contribution in [0.2, 0.25) is 0 Å². The van der Waals surface area contributed by atoms with Gasteiger partial charge in [0.15, 0.2) is 0 Å². The molecule has 148 valence electrons. The molecule has 0 N–H and O–H groups in total. The first kappa shape index (κ1) is 17.9. The van der Waals surface area contributed by atoms with Crippen LogP contribution in [-0.2, 0) is 4.74 Å². The van der Waals surface area contributed by atoms with E-state index in [4.69, 9.17) is 9.15 Å². The molecule has 1 saturated carbocycles. The molecule has 29 heavy (non-hydrogen) atoms. The van der Waals surface area contributed by atoms with E-state index in [0.29, 0.717) is 11.8 Å². The van der Waals surface area contributed by atoms with Crippen LogP contribution < -0.4 is 0 Å². The fraction of sp³-hybridized carbons (Fsp3) is 0.348. The zero-order chi connectivity index (χ0) is 20.0. The topological polar surface area (TPSA) is 68.5 Å². The summed E-state index contributed by atoms with van der Waals surface area (Å²) in [4.78, 5) is 14.6. The van der Waals surface area contributed by atoms with E-state index in [1.54, 1.807) is 0 Å². The maximum absolute atomic E-state index is 12.7. The summed E-state index contributed by atoms with van der Waals surface area (Å²) in [5, 5.41) is 8.44. The monoisotopic (exact) mass is 389 g/mol. The van der Waals surface area contributed by atoms with Gasteiger partial charge in [-0.05, 0) is 44.4 Å². The number of hydrogen-bond donors (Lipinski definition) is 0. The van der Waals surface area contributed by atoms with Gasteiger partial charge in [-0.3, -0.25) is 4.90 Å². The van der Waals surface area contributed by atoms with Gasteiger partial charge in [-0.15, -0.1) is 10.2 Å². The molecule has 0 bridgehead atoms. The van der Waals surface area contributed by atoms with Crippen molar-refractivity contribution in [2.24, 2.45) is 0 Å². The highest BCUT2D eigenvalue weighted by molar-refractivity contribution is 5.72. The molecule has 6 nitrogen and oxygen atoms in total. The van der Waals surface area contributed by atoms with E-state index in [0.717, 1.165) is 24.0 Å². The Labute approximate surface area is 169 Å². The first-order valence-electron chi connectivity index (χ1n) is 9.98. The molecule has 0 spiro atoms. The number of cyclic esters (lactones) is 1. The van der Waals surface area contributed by atoms with Crippen LogP contribution in [0.15, 0.2) is 65.1 Å². The predicted molar refractivity (Wildman–Crippen MR) is 107 cm³/mol. The zero-order valence-electron chi connectivity index (χ0n) is 16.5. The maximum Gasteiger partial charge on any atom is 0.411 e. The average Bonchev–Trinajstić information content (AvgIpc) is 3.25. The van der Waals surface area contributed by atoms with Gasteiger partial charge >= 0.3 is 6.09 Å². The van der Waals surface area contributed by atoms with Crippen molar-refractivity contribution in [2.75, 3.05) is 0 Å². The van der Waals surface area contributed by atoms with Crippen molar-refractivity contribution >= 4 is 6.09 Å². The van der Waals surface area contributed by atoms with Gasteiger partial charge in [0.2, 0.25) is 11.8 Å². The van der Waals surface area contributed by atoms with Crippen molar-refractivity contribution in [1.29, 1.82) is 0 Å². The molecule has 2 aliphatic rings. The van der Waals surface area contributed by atoms with Crippen molar-refractivity contribution < 1.29 is 13.9 Å². The largest absolute Gasteiger partial charge is 0.441 e. The normalized spacial score (nSPS) is 25.5. The molecule has 6 heteroatoms. The van der Waals surface area contributed by atoms with E-state index < -0.39 is 5.60 Å². The first-order chi connectivity index (χ1) is 14.0. The SMILES string of the molecule is CC1(C)OC(=O)N([C@H]2C[C@H](c3nnc(-c4ccccc4)o3)C2)[C@@H]1c1ccccc1. The lowest BCUT2D eigenvalue weighted by atomic mass is 9.77. The second kappa shape index (κ2) is 6.72. The molecule has 1 saturated heterocycles. The molecule has 0 radical (unpaired) electrons. The predicted octanol–water partition coefficient (Wildman–Crippen LogP) is 4.95. The number of aromatic nitrogens is 2. The fourth-order valence-corrected chi connectivity index (χ4v) is 4.44. The summed E-state index contributed by atoms with van der Waals surface area (Å²) in [6, 6.07) is 19.8. The molecular formula is C23H23N3O3. The van der Waals surface area contributed by atoms with Gasteiger partial charge in [0.1, 0.15) is 5.60 Å². The molecule has 2 fully saturated rings. The van der Waals surface area contributed by atoms with E-state index in [1.165, 1.54) is 0 Å². The lowest BCUT2D eigenvalue weighted by Gasteiger charge is -2.42. The average molecular weight is 389 g/mol. The summed E-state index contributed by atoms with van der Waals surface area (Å²) in [6.45, 7) is 3.95. The highest BCUT2D eigenvalue weighted by atomic mass is 16.6. The minimum atomic E-state index is -0.575. The molecule has 0 unspecified atom stereocenters. The minimum Gasteiger partial charge on any atom is -0.441 e. The second-order valence-corrected chi connectivity index (χ2v) is 8.33. The number of amides is 1. The van der Waals surface area contributed by atoms with Crippen LogP contribution in [0.25, 0.3) is 11.5 Å². The molecule has 2 aromatic carbocycles. The zero-order valence-corrected chi connectivity index (χ0v) is 16.5. The van der Waals surface area contributed by atoms with Crippen LogP contribution in [0.1, 0.15) is 50.1 Å². The number of ether oxygens (including phenoxy) is 1. The third kappa shape index (κ3) is 3.09. The van der Waals surface area contributed by atoms with E-state index >= 15 is 0 Å². The highest BCUT2D eigenvalue weighted by Crippen LogP contribution is 2.49. The van der Waals surface area contributed by atoms with Gasteiger partial charge in [0.05, 0.1) is 6.04 Å². The minimum absolute atomic E-state index is 0.103. The van der Waals surface area contributed by atoms with Crippen LogP contribution in [0.3, 0.4) is 0 Å². The van der Waals surface area contributed by atoms with Crippen molar-refractivity contribution in [3.63, 3.8) is 0 Å². The number of hydrogen-bond acceptors (Lipinski definition) is 5. The Morgan fingerprint density at radius 3 is 2.31 bits per heavy atom. The van der Waals surface area contributed by atoms with Crippen LogP contribution in [-0.4, -0.2) is 32.8 Å². The molecule has 2 heterocycles. The third-order valence-electron chi connectivity index (χ3n) is 5.93. The fourth-order valence-electron chi connectivity index (χ4n) is 4.44. The molecule has 1 atom stereocenters. The quantitative estimate of drug-likeness (QED) is 0.631. The molecular weight excluding hydrogens is 366 g/mol. The van der Waals surface area contributed by atoms with Gasteiger partial charge in [0.25, 0.3) is 0 Å². The van der Waals surface area contributed by atoms with Crippen molar-refractivity contribution in [2.45, 2.75) is 50.3 Å². The summed E-state index contributed by atoms with van der Waals surface area (Å²) in [5.41, 5.74) is 1.43.